The zero-order chi connectivity index (χ0) is 31.2. The Kier molecular flexibility index (Phi) is 13.4. The second-order valence-electron chi connectivity index (χ2n) is 9.84. The van der Waals surface area contributed by atoms with E-state index >= 15 is 0 Å². The van der Waals surface area contributed by atoms with E-state index in [9.17, 15) is 33.9 Å². The molecular formula is C27H38N6O9. The lowest BCUT2D eigenvalue weighted by Crippen LogP contribution is -2.57. The predicted octanol–water partition coefficient (Wildman–Crippen LogP) is -0.565. The topological polar surface area (TPSA) is 267 Å². The van der Waals surface area contributed by atoms with E-state index in [-0.39, 0.29) is 25.7 Å². The smallest absolute Gasteiger partial charge is 0.326 e. The zero-order valence-electron chi connectivity index (χ0n) is 23.0. The molecule has 1 aromatic carbocycles. The van der Waals surface area contributed by atoms with Crippen LogP contribution >= 0.6 is 0 Å². The molecular weight excluding hydrogens is 552 g/mol. The number of para-hydroxylation sites is 1. The maximum Gasteiger partial charge on any atom is 0.326 e. The number of carbonyl (C=O) groups is 6. The van der Waals surface area contributed by atoms with Crippen LogP contribution < -0.4 is 27.4 Å². The summed E-state index contributed by atoms with van der Waals surface area (Å²) in [5.41, 5.74) is 12.7. The second kappa shape index (κ2) is 16.7. The van der Waals surface area contributed by atoms with Gasteiger partial charge in [0.2, 0.25) is 17.7 Å². The van der Waals surface area contributed by atoms with Gasteiger partial charge in [-0.3, -0.25) is 24.0 Å². The third kappa shape index (κ3) is 10.8. The average Bonchev–Trinajstić information content (AvgIpc) is 3.35. The Morgan fingerprint density at radius 2 is 1.33 bits per heavy atom. The van der Waals surface area contributed by atoms with Crippen LogP contribution in [-0.4, -0.2) is 86.6 Å². The number of nitrogens with one attached hydrogen (secondary N) is 4. The molecule has 230 valence electrons. The van der Waals surface area contributed by atoms with Gasteiger partial charge in [0.15, 0.2) is 0 Å². The molecule has 0 aliphatic carbocycles. The highest BCUT2D eigenvalue weighted by Crippen LogP contribution is 2.19. The molecule has 15 nitrogen and oxygen atoms in total. The van der Waals surface area contributed by atoms with Gasteiger partial charge in [-0.05, 0) is 50.3 Å². The highest BCUT2D eigenvalue weighted by molar-refractivity contribution is 5.94. The number of carboxylic acid groups (broad SMARTS) is 3. The van der Waals surface area contributed by atoms with E-state index in [1.54, 1.807) is 12.3 Å². The quantitative estimate of drug-likeness (QED) is 0.0935. The first-order valence-corrected chi connectivity index (χ1v) is 13.5. The summed E-state index contributed by atoms with van der Waals surface area (Å²) in [7, 11) is 0. The van der Waals surface area contributed by atoms with Crippen LogP contribution in [0.1, 0.15) is 50.5 Å². The molecule has 0 aliphatic heterocycles. The number of aromatic nitrogens is 1. The number of benzene rings is 1. The molecule has 2 rings (SSSR count). The van der Waals surface area contributed by atoms with Crippen LogP contribution in [0.15, 0.2) is 30.5 Å². The number of aliphatic carboxylic acids is 3. The van der Waals surface area contributed by atoms with Gasteiger partial charge in [-0.15, -0.1) is 0 Å². The van der Waals surface area contributed by atoms with Gasteiger partial charge in [0.05, 0.1) is 6.04 Å². The fraction of sp³-hybridized carbons (Fsp3) is 0.481. The molecule has 1 aromatic heterocycles. The minimum atomic E-state index is -1.41. The van der Waals surface area contributed by atoms with Crippen molar-refractivity contribution < 1.29 is 44.1 Å². The number of amides is 3. The molecule has 2 aromatic rings. The normalized spacial score (nSPS) is 13.9. The predicted molar refractivity (Wildman–Crippen MR) is 150 cm³/mol. The van der Waals surface area contributed by atoms with Crippen LogP contribution in [0.5, 0.6) is 0 Å². The molecule has 42 heavy (non-hydrogen) atoms. The molecule has 15 heteroatoms. The molecule has 0 aliphatic rings. The van der Waals surface area contributed by atoms with Gasteiger partial charge in [-0.1, -0.05) is 18.2 Å². The van der Waals surface area contributed by atoms with Crippen molar-refractivity contribution in [1.82, 2.24) is 20.9 Å². The van der Waals surface area contributed by atoms with Crippen LogP contribution in [0.25, 0.3) is 10.9 Å². The summed E-state index contributed by atoms with van der Waals surface area (Å²) >= 11 is 0. The molecule has 0 bridgehead atoms. The maximum absolute atomic E-state index is 13.3. The Morgan fingerprint density at radius 3 is 1.95 bits per heavy atom. The van der Waals surface area contributed by atoms with E-state index in [2.05, 4.69) is 20.9 Å². The first kappa shape index (κ1) is 33.7. The summed E-state index contributed by atoms with van der Waals surface area (Å²) in [5.74, 6) is -6.23. The van der Waals surface area contributed by atoms with Crippen molar-refractivity contribution in [2.45, 2.75) is 75.5 Å². The van der Waals surface area contributed by atoms with Gasteiger partial charge in [0.25, 0.3) is 0 Å². The van der Waals surface area contributed by atoms with Crippen LogP contribution in [0.3, 0.4) is 0 Å². The molecule has 1 heterocycles. The van der Waals surface area contributed by atoms with Crippen molar-refractivity contribution in [2.75, 3.05) is 6.54 Å². The summed E-state index contributed by atoms with van der Waals surface area (Å²) in [5, 5.41) is 35.8. The van der Waals surface area contributed by atoms with Crippen molar-refractivity contribution in [1.29, 1.82) is 0 Å². The number of fused-ring (bicyclic) bond motifs is 1. The number of unbranched alkanes of at least 4 members (excludes halogenated alkanes) is 1. The van der Waals surface area contributed by atoms with Crippen LogP contribution in [-0.2, 0) is 35.2 Å². The molecule has 0 spiro atoms. The molecule has 11 N–H and O–H groups in total. The summed E-state index contributed by atoms with van der Waals surface area (Å²) in [6.07, 6.45) is 1.16. The summed E-state index contributed by atoms with van der Waals surface area (Å²) < 4.78 is 0. The van der Waals surface area contributed by atoms with Crippen molar-refractivity contribution in [3.63, 3.8) is 0 Å². The molecule has 4 unspecified atom stereocenters. The number of carbonyl (C=O) groups excluding carboxylic acids is 3. The third-order valence-corrected chi connectivity index (χ3v) is 6.58. The average molecular weight is 591 g/mol. The number of nitrogens with two attached hydrogens (primary N) is 2. The molecule has 0 saturated carbocycles. The van der Waals surface area contributed by atoms with Crippen LogP contribution in [0, 0.1) is 0 Å². The van der Waals surface area contributed by atoms with E-state index < -0.39 is 72.6 Å². The van der Waals surface area contributed by atoms with Crippen molar-refractivity contribution in [3.8, 4) is 0 Å². The van der Waals surface area contributed by atoms with Crippen molar-refractivity contribution in [2.24, 2.45) is 11.5 Å². The number of hydrogen-bond acceptors (Lipinski definition) is 8. The number of rotatable bonds is 19. The molecule has 0 radical (unpaired) electrons. The lowest BCUT2D eigenvalue weighted by atomic mass is 10.0. The first-order chi connectivity index (χ1) is 19.9. The standard InChI is InChI=1S/C27H38N6O9/c28-12-4-3-7-19(25(39)33-21(27(41)42)13-15-14-30-18-6-2-1-5-16(15)18)32-26(40)20(9-11-23(36)37)31-24(38)17(29)8-10-22(34)35/h1-2,5-6,14,17,19-21,30H,3-4,7-13,28-29H2,(H,31,38)(H,32,40)(H,33,39)(H,34,35)(H,36,37)(H,41,42). The van der Waals surface area contributed by atoms with E-state index in [1.165, 1.54) is 0 Å². The minimum absolute atomic E-state index is 0.0416. The SMILES string of the molecule is NCCCCC(NC(=O)C(CCC(=O)O)NC(=O)C(N)CCC(=O)O)C(=O)NC(Cc1c[nH]c2ccccc12)C(=O)O. The lowest BCUT2D eigenvalue weighted by molar-refractivity contribution is -0.142. The molecule has 0 saturated heterocycles. The lowest BCUT2D eigenvalue weighted by Gasteiger charge is -2.25. The molecule has 0 fully saturated rings. The van der Waals surface area contributed by atoms with E-state index in [4.69, 9.17) is 21.7 Å². The zero-order valence-corrected chi connectivity index (χ0v) is 23.0. The van der Waals surface area contributed by atoms with Gasteiger partial charge in [-0.2, -0.15) is 0 Å². The van der Waals surface area contributed by atoms with Gasteiger partial charge < -0.3 is 47.7 Å². The number of hydrogen-bond donors (Lipinski definition) is 9. The Labute approximate surface area is 241 Å². The monoisotopic (exact) mass is 590 g/mol. The first-order valence-electron chi connectivity index (χ1n) is 13.5. The van der Waals surface area contributed by atoms with Gasteiger partial charge in [0, 0.05) is 36.4 Å². The Bertz CT molecular complexity index is 1260. The fourth-order valence-electron chi connectivity index (χ4n) is 4.25. The molecule has 4 atom stereocenters. The van der Waals surface area contributed by atoms with Crippen molar-refractivity contribution >= 4 is 46.5 Å². The van der Waals surface area contributed by atoms with Gasteiger partial charge >= 0.3 is 17.9 Å². The Balaban J connectivity index is 2.18. The summed E-state index contributed by atoms with van der Waals surface area (Å²) in [6.45, 7) is 0.312. The molecule has 3 amide bonds. The number of aromatic amines is 1. The Hall–Kier alpha value is -4.50. The Morgan fingerprint density at radius 1 is 0.762 bits per heavy atom. The fourth-order valence-corrected chi connectivity index (χ4v) is 4.25. The van der Waals surface area contributed by atoms with Gasteiger partial charge in [-0.25, -0.2) is 4.79 Å². The largest absolute Gasteiger partial charge is 0.481 e. The van der Waals surface area contributed by atoms with E-state index in [1.807, 2.05) is 18.2 Å². The highest BCUT2D eigenvalue weighted by Gasteiger charge is 2.31. The maximum atomic E-state index is 13.3. The van der Waals surface area contributed by atoms with Gasteiger partial charge in [0.1, 0.15) is 18.1 Å². The number of carboxylic acids is 3. The number of H-pyrrole nitrogens is 1. The highest BCUT2D eigenvalue weighted by atomic mass is 16.4. The second-order valence-corrected chi connectivity index (χ2v) is 9.84. The van der Waals surface area contributed by atoms with Crippen LogP contribution in [0.2, 0.25) is 0 Å². The van der Waals surface area contributed by atoms with E-state index in [0.29, 0.717) is 24.9 Å². The third-order valence-electron chi connectivity index (χ3n) is 6.58. The summed E-state index contributed by atoms with van der Waals surface area (Å²) in [6, 6.07) is 2.03. The van der Waals surface area contributed by atoms with E-state index in [0.717, 1.165) is 10.9 Å². The summed E-state index contributed by atoms with van der Waals surface area (Å²) in [4.78, 5) is 76.0. The van der Waals surface area contributed by atoms with Crippen LogP contribution in [0.4, 0.5) is 0 Å². The minimum Gasteiger partial charge on any atom is -0.481 e. The van der Waals surface area contributed by atoms with Crippen molar-refractivity contribution in [3.05, 3.63) is 36.0 Å².